The maximum absolute atomic E-state index is 11.6. The molecule has 1 aromatic carbocycles. The van der Waals surface area contributed by atoms with Gasteiger partial charge in [-0.3, -0.25) is 14.5 Å². The average molecular weight is 298 g/mol. The van der Waals surface area contributed by atoms with Gasteiger partial charge in [-0.05, 0) is 31.0 Å². The molecule has 1 fully saturated rings. The minimum absolute atomic E-state index is 0.234. The van der Waals surface area contributed by atoms with Crippen LogP contribution in [0.5, 0.6) is 0 Å². The Bertz CT molecular complexity index is 520. The average Bonchev–Trinajstić information content (AvgIpc) is 2.41. The Hall–Kier alpha value is -1.59. The van der Waals surface area contributed by atoms with Gasteiger partial charge in [-0.25, -0.2) is 0 Å². The molecule has 1 saturated heterocycles. The summed E-state index contributed by atoms with van der Waals surface area (Å²) in [7, 11) is 0. The van der Waals surface area contributed by atoms with Gasteiger partial charge in [0, 0.05) is 11.6 Å². The quantitative estimate of drug-likeness (QED) is 0.891. The van der Waals surface area contributed by atoms with Crippen molar-refractivity contribution in [3.63, 3.8) is 0 Å². The molecule has 0 bridgehead atoms. The molecule has 1 aromatic rings. The molecule has 2 rings (SSSR count). The number of rotatable bonds is 4. The first-order valence-corrected chi connectivity index (χ1v) is 6.82. The summed E-state index contributed by atoms with van der Waals surface area (Å²) in [4.78, 5) is 24.4. The van der Waals surface area contributed by atoms with Gasteiger partial charge in [-0.1, -0.05) is 29.8 Å². The number of nitrogens with zero attached hydrogens (tertiary/aromatic N) is 1. The van der Waals surface area contributed by atoms with Crippen LogP contribution in [0, 0.1) is 5.92 Å². The summed E-state index contributed by atoms with van der Waals surface area (Å²) in [5.41, 5.74) is 0.507. The van der Waals surface area contributed by atoms with Gasteiger partial charge >= 0.3 is 11.9 Å². The molecule has 0 aliphatic carbocycles. The highest BCUT2D eigenvalue weighted by atomic mass is 35.5. The molecule has 108 valence electrons. The number of halogens is 1. The van der Waals surface area contributed by atoms with E-state index in [1.54, 1.807) is 29.2 Å². The molecule has 2 atom stereocenters. The molecule has 2 N–H and O–H groups in total. The summed E-state index contributed by atoms with van der Waals surface area (Å²) in [5.74, 6) is -2.41. The van der Waals surface area contributed by atoms with Gasteiger partial charge in [0.25, 0.3) is 0 Å². The number of carboxylic acid groups (broad SMARTS) is 2. The molecule has 0 amide bonds. The fraction of sp³-hybridized carbons (Fsp3) is 0.429. The Labute approximate surface area is 121 Å². The van der Waals surface area contributed by atoms with Crippen LogP contribution in [-0.2, 0) is 9.59 Å². The second-order valence-electron chi connectivity index (χ2n) is 4.93. The van der Waals surface area contributed by atoms with Crippen molar-refractivity contribution >= 4 is 23.5 Å². The molecule has 0 saturated carbocycles. The Balaban J connectivity index is 2.27. The highest BCUT2D eigenvalue weighted by molar-refractivity contribution is 6.31. The second kappa shape index (κ2) is 6.24. The Kier molecular flexibility index (Phi) is 4.62. The molecule has 0 aromatic heterocycles. The third kappa shape index (κ3) is 3.11. The molecule has 2 unspecified atom stereocenters. The van der Waals surface area contributed by atoms with Crippen LogP contribution in [0.25, 0.3) is 0 Å². The van der Waals surface area contributed by atoms with Crippen LogP contribution in [0.4, 0.5) is 0 Å². The second-order valence-corrected chi connectivity index (χ2v) is 5.34. The van der Waals surface area contributed by atoms with E-state index in [0.717, 1.165) is 0 Å². The zero-order chi connectivity index (χ0) is 14.7. The van der Waals surface area contributed by atoms with E-state index in [1.807, 2.05) is 0 Å². The van der Waals surface area contributed by atoms with Crippen molar-refractivity contribution in [2.24, 2.45) is 5.92 Å². The lowest BCUT2D eigenvalue weighted by Gasteiger charge is -2.35. The van der Waals surface area contributed by atoms with Gasteiger partial charge < -0.3 is 10.2 Å². The summed E-state index contributed by atoms with van der Waals surface area (Å²) in [6.45, 7) is 0.795. The maximum atomic E-state index is 11.6. The van der Waals surface area contributed by atoms with E-state index >= 15 is 0 Å². The number of likely N-dealkylation sites (tertiary alicyclic amines) is 1. The van der Waals surface area contributed by atoms with Crippen LogP contribution < -0.4 is 0 Å². The lowest BCUT2D eigenvalue weighted by molar-refractivity contribution is -0.149. The number of carboxylic acids is 2. The molecule has 20 heavy (non-hydrogen) atoms. The first-order valence-electron chi connectivity index (χ1n) is 6.44. The standard InChI is InChI=1S/C14H16ClNO4/c15-11-6-2-1-5-10(11)12(14(19)20)16-7-3-4-9(8-16)13(17)18/h1-2,5-6,9,12H,3-4,7-8H2,(H,17,18)(H,19,20). The number of aliphatic carboxylic acids is 2. The number of carbonyl (C=O) groups is 2. The van der Waals surface area contributed by atoms with Gasteiger partial charge in [0.05, 0.1) is 5.92 Å². The van der Waals surface area contributed by atoms with Crippen molar-refractivity contribution < 1.29 is 19.8 Å². The van der Waals surface area contributed by atoms with Crippen LogP contribution in [-0.4, -0.2) is 40.1 Å². The first-order chi connectivity index (χ1) is 9.50. The smallest absolute Gasteiger partial charge is 0.325 e. The molecule has 6 heteroatoms. The van der Waals surface area contributed by atoms with Crippen molar-refractivity contribution in [3.05, 3.63) is 34.9 Å². The SMILES string of the molecule is O=C(O)C1CCCN(C(C(=O)O)c2ccccc2Cl)C1. The van der Waals surface area contributed by atoms with Crippen LogP contribution in [0.3, 0.4) is 0 Å². The fourth-order valence-corrected chi connectivity index (χ4v) is 2.86. The molecule has 1 aliphatic heterocycles. The normalized spacial score (nSPS) is 21.4. The topological polar surface area (TPSA) is 77.8 Å². The van der Waals surface area contributed by atoms with E-state index in [9.17, 15) is 14.7 Å². The Morgan fingerprint density at radius 1 is 1.30 bits per heavy atom. The Morgan fingerprint density at radius 3 is 2.60 bits per heavy atom. The van der Waals surface area contributed by atoms with E-state index in [-0.39, 0.29) is 6.54 Å². The van der Waals surface area contributed by atoms with E-state index in [2.05, 4.69) is 0 Å². The largest absolute Gasteiger partial charge is 0.481 e. The molecule has 1 heterocycles. The van der Waals surface area contributed by atoms with Gasteiger partial charge in [0.2, 0.25) is 0 Å². The lowest BCUT2D eigenvalue weighted by atomic mass is 9.95. The molecule has 0 radical (unpaired) electrons. The number of benzene rings is 1. The van der Waals surface area contributed by atoms with E-state index in [1.165, 1.54) is 0 Å². The van der Waals surface area contributed by atoms with Crippen LogP contribution >= 0.6 is 11.6 Å². The first kappa shape index (κ1) is 14.8. The van der Waals surface area contributed by atoms with Crippen molar-refractivity contribution in [1.29, 1.82) is 0 Å². The third-order valence-corrected chi connectivity index (χ3v) is 3.95. The van der Waals surface area contributed by atoms with E-state index in [0.29, 0.717) is 30.0 Å². The summed E-state index contributed by atoms with van der Waals surface area (Å²) in [6, 6.07) is 5.89. The molecule has 5 nitrogen and oxygen atoms in total. The van der Waals surface area contributed by atoms with Gasteiger partial charge in [0.1, 0.15) is 6.04 Å². The third-order valence-electron chi connectivity index (χ3n) is 3.60. The van der Waals surface area contributed by atoms with Crippen molar-refractivity contribution in [3.8, 4) is 0 Å². The van der Waals surface area contributed by atoms with Crippen molar-refractivity contribution in [2.45, 2.75) is 18.9 Å². The van der Waals surface area contributed by atoms with Gasteiger partial charge in [-0.2, -0.15) is 0 Å². The highest BCUT2D eigenvalue weighted by Crippen LogP contribution is 2.31. The van der Waals surface area contributed by atoms with E-state index < -0.39 is 23.9 Å². The number of hydrogen-bond donors (Lipinski definition) is 2. The van der Waals surface area contributed by atoms with Crippen molar-refractivity contribution in [2.75, 3.05) is 13.1 Å². The van der Waals surface area contributed by atoms with Gasteiger partial charge in [0.15, 0.2) is 0 Å². The predicted molar refractivity (Wildman–Crippen MR) is 73.8 cm³/mol. The molecular formula is C14H16ClNO4. The maximum Gasteiger partial charge on any atom is 0.325 e. The number of hydrogen-bond acceptors (Lipinski definition) is 3. The molecular weight excluding hydrogens is 282 g/mol. The van der Waals surface area contributed by atoms with Crippen LogP contribution in [0.1, 0.15) is 24.4 Å². The predicted octanol–water partition coefficient (Wildman–Crippen LogP) is 2.26. The van der Waals surface area contributed by atoms with Crippen molar-refractivity contribution in [1.82, 2.24) is 4.90 Å². The summed E-state index contributed by atoms with van der Waals surface area (Å²) >= 11 is 6.07. The van der Waals surface area contributed by atoms with Crippen LogP contribution in [0.2, 0.25) is 5.02 Å². The minimum Gasteiger partial charge on any atom is -0.481 e. The van der Waals surface area contributed by atoms with Gasteiger partial charge in [-0.15, -0.1) is 0 Å². The zero-order valence-electron chi connectivity index (χ0n) is 10.8. The molecule has 0 spiro atoms. The fourth-order valence-electron chi connectivity index (χ4n) is 2.63. The minimum atomic E-state index is -1.01. The van der Waals surface area contributed by atoms with E-state index in [4.69, 9.17) is 16.7 Å². The lowest BCUT2D eigenvalue weighted by Crippen LogP contribution is -2.43. The Morgan fingerprint density at radius 2 is 2.00 bits per heavy atom. The zero-order valence-corrected chi connectivity index (χ0v) is 11.6. The van der Waals surface area contributed by atoms with Crippen LogP contribution in [0.15, 0.2) is 24.3 Å². The molecule has 1 aliphatic rings. The monoisotopic (exact) mass is 297 g/mol. The highest BCUT2D eigenvalue weighted by Gasteiger charge is 2.34. The summed E-state index contributed by atoms with van der Waals surface area (Å²) in [5, 5.41) is 19.0. The number of piperidine rings is 1. The summed E-state index contributed by atoms with van der Waals surface area (Å²) < 4.78 is 0. The summed E-state index contributed by atoms with van der Waals surface area (Å²) in [6.07, 6.45) is 1.26.